The molecular formula is C13H15NO3. The predicted octanol–water partition coefficient (Wildman–Crippen LogP) is 2.44. The molecule has 1 aromatic rings. The fourth-order valence-corrected chi connectivity index (χ4v) is 1.53. The smallest absolute Gasteiger partial charge is 0.183 e. The number of rotatable bonds is 5. The minimum Gasteiger partial charge on any atom is -0.497 e. The first-order valence-electron chi connectivity index (χ1n) is 5.33. The normalized spacial score (nSPS) is 11.4. The van der Waals surface area contributed by atoms with Gasteiger partial charge in [-0.25, -0.2) is 0 Å². The first-order valence-corrected chi connectivity index (χ1v) is 5.33. The Balaban J connectivity index is 3.19. The third kappa shape index (κ3) is 2.76. The predicted molar refractivity (Wildman–Crippen MR) is 63.3 cm³/mol. The zero-order valence-electron chi connectivity index (χ0n) is 10.2. The van der Waals surface area contributed by atoms with Crippen molar-refractivity contribution >= 4 is 5.78 Å². The van der Waals surface area contributed by atoms with Crippen LogP contribution in [-0.4, -0.2) is 20.0 Å². The Morgan fingerprint density at radius 1 is 1.41 bits per heavy atom. The average molecular weight is 233 g/mol. The second kappa shape index (κ2) is 5.90. The van der Waals surface area contributed by atoms with E-state index < -0.39 is 5.92 Å². The molecule has 0 fully saturated rings. The molecule has 4 heteroatoms. The van der Waals surface area contributed by atoms with E-state index in [1.165, 1.54) is 14.2 Å². The molecule has 0 aromatic heterocycles. The standard InChI is InChI=1S/C13H15NO3/c1-4-9(8-14)13(15)11-7-10(16-2)5-6-12(11)17-3/h5-7,9H,4H2,1-3H3. The molecule has 0 saturated heterocycles. The molecule has 1 unspecified atom stereocenters. The van der Waals surface area contributed by atoms with Crippen LogP contribution in [-0.2, 0) is 0 Å². The molecule has 4 nitrogen and oxygen atoms in total. The highest BCUT2D eigenvalue weighted by Crippen LogP contribution is 2.26. The summed E-state index contributed by atoms with van der Waals surface area (Å²) in [6.45, 7) is 1.80. The number of ether oxygens (including phenoxy) is 2. The summed E-state index contributed by atoms with van der Waals surface area (Å²) in [5, 5.41) is 8.90. The summed E-state index contributed by atoms with van der Waals surface area (Å²) in [6.07, 6.45) is 0.482. The Hall–Kier alpha value is -2.02. The summed E-state index contributed by atoms with van der Waals surface area (Å²) in [5.74, 6) is 0.160. The number of hydrogen-bond acceptors (Lipinski definition) is 4. The van der Waals surface area contributed by atoms with Crippen LogP contribution in [0.1, 0.15) is 23.7 Å². The van der Waals surface area contributed by atoms with Crippen LogP contribution in [0, 0.1) is 17.2 Å². The summed E-state index contributed by atoms with van der Waals surface area (Å²) in [7, 11) is 3.02. The molecular weight excluding hydrogens is 218 g/mol. The zero-order valence-corrected chi connectivity index (χ0v) is 10.2. The van der Waals surface area contributed by atoms with Gasteiger partial charge in [-0.2, -0.15) is 5.26 Å². The number of benzene rings is 1. The minimum absolute atomic E-state index is 0.231. The Kier molecular flexibility index (Phi) is 4.53. The van der Waals surface area contributed by atoms with Gasteiger partial charge in [-0.05, 0) is 24.6 Å². The molecule has 1 aromatic carbocycles. The van der Waals surface area contributed by atoms with Gasteiger partial charge in [0.1, 0.15) is 17.4 Å². The number of carbonyl (C=O) groups excluding carboxylic acids is 1. The Morgan fingerprint density at radius 3 is 2.59 bits per heavy atom. The maximum absolute atomic E-state index is 12.1. The highest BCUT2D eigenvalue weighted by molar-refractivity contribution is 6.02. The Bertz CT molecular complexity index is 448. The van der Waals surface area contributed by atoms with Crippen molar-refractivity contribution in [1.29, 1.82) is 5.26 Å². The molecule has 0 spiro atoms. The van der Waals surface area contributed by atoms with Crippen molar-refractivity contribution in [1.82, 2.24) is 0 Å². The molecule has 0 aliphatic heterocycles. The van der Waals surface area contributed by atoms with Crippen molar-refractivity contribution in [3.63, 3.8) is 0 Å². The lowest BCUT2D eigenvalue weighted by Gasteiger charge is -2.11. The van der Waals surface area contributed by atoms with E-state index in [4.69, 9.17) is 14.7 Å². The van der Waals surface area contributed by atoms with Crippen LogP contribution in [0.25, 0.3) is 0 Å². The van der Waals surface area contributed by atoms with Crippen molar-refractivity contribution in [2.45, 2.75) is 13.3 Å². The van der Waals surface area contributed by atoms with Crippen LogP contribution in [0.5, 0.6) is 11.5 Å². The first-order chi connectivity index (χ1) is 8.17. The molecule has 90 valence electrons. The third-order valence-corrected chi connectivity index (χ3v) is 2.55. The molecule has 17 heavy (non-hydrogen) atoms. The monoisotopic (exact) mass is 233 g/mol. The molecule has 0 radical (unpaired) electrons. The maximum atomic E-state index is 12.1. The van der Waals surface area contributed by atoms with E-state index in [1.54, 1.807) is 25.1 Å². The number of Topliss-reactive ketones (excluding diaryl/α,β-unsaturated/α-hetero) is 1. The lowest BCUT2D eigenvalue weighted by molar-refractivity contribution is 0.0943. The van der Waals surface area contributed by atoms with Gasteiger partial charge in [0.2, 0.25) is 0 Å². The van der Waals surface area contributed by atoms with Gasteiger partial charge in [0, 0.05) is 0 Å². The van der Waals surface area contributed by atoms with Crippen LogP contribution in [0.2, 0.25) is 0 Å². The zero-order chi connectivity index (χ0) is 12.8. The second-order valence-corrected chi connectivity index (χ2v) is 3.52. The highest BCUT2D eigenvalue weighted by atomic mass is 16.5. The third-order valence-electron chi connectivity index (χ3n) is 2.55. The minimum atomic E-state index is -0.643. The summed E-state index contributed by atoms with van der Waals surface area (Å²) in [4.78, 5) is 12.1. The summed E-state index contributed by atoms with van der Waals surface area (Å²) < 4.78 is 10.2. The average Bonchev–Trinajstić information content (AvgIpc) is 2.39. The molecule has 0 amide bonds. The molecule has 0 saturated carbocycles. The Morgan fingerprint density at radius 2 is 2.12 bits per heavy atom. The van der Waals surface area contributed by atoms with Crippen LogP contribution in [0.4, 0.5) is 0 Å². The van der Waals surface area contributed by atoms with E-state index in [0.717, 1.165) is 0 Å². The van der Waals surface area contributed by atoms with E-state index in [1.807, 2.05) is 6.07 Å². The van der Waals surface area contributed by atoms with E-state index in [-0.39, 0.29) is 5.78 Å². The molecule has 1 atom stereocenters. The summed E-state index contributed by atoms with van der Waals surface area (Å²) in [5.41, 5.74) is 0.389. The molecule has 0 heterocycles. The molecule has 0 N–H and O–H groups in total. The van der Waals surface area contributed by atoms with Crippen molar-refractivity contribution in [2.75, 3.05) is 14.2 Å². The quantitative estimate of drug-likeness (QED) is 0.733. The molecule has 0 bridgehead atoms. The number of carbonyl (C=O) groups is 1. The van der Waals surface area contributed by atoms with Gasteiger partial charge in [-0.15, -0.1) is 0 Å². The van der Waals surface area contributed by atoms with Gasteiger partial charge >= 0.3 is 0 Å². The molecule has 1 rings (SSSR count). The second-order valence-electron chi connectivity index (χ2n) is 3.52. The number of nitriles is 1. The Labute approximate surface area is 101 Å². The van der Waals surface area contributed by atoms with E-state index in [9.17, 15) is 4.79 Å². The number of hydrogen-bond donors (Lipinski definition) is 0. The van der Waals surface area contributed by atoms with Crippen LogP contribution in [0.15, 0.2) is 18.2 Å². The molecule has 0 aliphatic rings. The van der Waals surface area contributed by atoms with Crippen LogP contribution >= 0.6 is 0 Å². The van der Waals surface area contributed by atoms with Crippen molar-refractivity contribution in [2.24, 2.45) is 5.92 Å². The van der Waals surface area contributed by atoms with Crippen LogP contribution < -0.4 is 9.47 Å². The van der Waals surface area contributed by atoms with E-state index in [0.29, 0.717) is 23.5 Å². The van der Waals surface area contributed by atoms with E-state index >= 15 is 0 Å². The van der Waals surface area contributed by atoms with Gasteiger partial charge in [0.05, 0.1) is 25.9 Å². The van der Waals surface area contributed by atoms with Gasteiger partial charge in [0.15, 0.2) is 5.78 Å². The van der Waals surface area contributed by atoms with Crippen molar-refractivity contribution in [3.8, 4) is 17.6 Å². The van der Waals surface area contributed by atoms with Gasteiger partial charge in [-0.3, -0.25) is 4.79 Å². The number of ketones is 1. The van der Waals surface area contributed by atoms with E-state index in [2.05, 4.69) is 0 Å². The highest BCUT2D eigenvalue weighted by Gasteiger charge is 2.21. The van der Waals surface area contributed by atoms with Crippen LogP contribution in [0.3, 0.4) is 0 Å². The van der Waals surface area contributed by atoms with Gasteiger partial charge in [-0.1, -0.05) is 6.92 Å². The van der Waals surface area contributed by atoms with Gasteiger partial charge < -0.3 is 9.47 Å². The fraction of sp³-hybridized carbons (Fsp3) is 0.385. The lowest BCUT2D eigenvalue weighted by Crippen LogP contribution is -2.13. The summed E-state index contributed by atoms with van der Waals surface area (Å²) >= 11 is 0. The largest absolute Gasteiger partial charge is 0.497 e. The summed E-state index contributed by atoms with van der Waals surface area (Å²) in [6, 6.07) is 6.97. The molecule has 0 aliphatic carbocycles. The SMILES string of the molecule is CCC(C#N)C(=O)c1cc(OC)ccc1OC. The lowest BCUT2D eigenvalue weighted by atomic mass is 9.96. The fourth-order valence-electron chi connectivity index (χ4n) is 1.53. The topological polar surface area (TPSA) is 59.3 Å². The maximum Gasteiger partial charge on any atom is 0.183 e. The van der Waals surface area contributed by atoms with Crippen molar-refractivity contribution < 1.29 is 14.3 Å². The van der Waals surface area contributed by atoms with Gasteiger partial charge in [0.25, 0.3) is 0 Å². The number of nitrogens with zero attached hydrogens (tertiary/aromatic N) is 1. The number of methoxy groups -OCH3 is 2. The van der Waals surface area contributed by atoms with Crippen molar-refractivity contribution in [3.05, 3.63) is 23.8 Å². The first kappa shape index (κ1) is 13.0.